The average Bonchev–Trinajstić information content (AvgIpc) is 3.13. The van der Waals surface area contributed by atoms with E-state index in [1.165, 1.54) is 0 Å². The lowest BCUT2D eigenvalue weighted by Crippen LogP contribution is -2.50. The molecule has 0 spiro atoms. The van der Waals surface area contributed by atoms with Gasteiger partial charge in [-0.2, -0.15) is 0 Å². The van der Waals surface area contributed by atoms with Crippen LogP contribution in [0.25, 0.3) is 0 Å². The molecule has 1 aliphatic rings. The lowest BCUT2D eigenvalue weighted by molar-refractivity contribution is 0.0963. The van der Waals surface area contributed by atoms with E-state index in [0.717, 1.165) is 44.1 Å². The number of rotatable bonds is 7. The number of furan rings is 1. The highest BCUT2D eigenvalue weighted by molar-refractivity contribution is 14.0. The van der Waals surface area contributed by atoms with Crippen molar-refractivity contribution in [3.05, 3.63) is 24.2 Å². The largest absolute Gasteiger partial charge is 0.469 e. The van der Waals surface area contributed by atoms with E-state index in [1.54, 1.807) is 11.2 Å². The fourth-order valence-corrected chi connectivity index (χ4v) is 2.80. The molecule has 0 bridgehead atoms. The Balaban J connectivity index is 0.00000364. The van der Waals surface area contributed by atoms with Crippen LogP contribution in [0.2, 0.25) is 0 Å². The SMILES string of the molecule is CCOC(=O)N1CCC(NC(=NCC(C)C)NCCc2ccco2)CC1.I. The van der Waals surface area contributed by atoms with Crippen molar-refractivity contribution in [3.8, 4) is 0 Å². The molecule has 8 heteroatoms. The van der Waals surface area contributed by atoms with Crippen molar-refractivity contribution < 1.29 is 13.9 Å². The van der Waals surface area contributed by atoms with Gasteiger partial charge in [-0.3, -0.25) is 4.99 Å². The third-order valence-electron chi connectivity index (χ3n) is 4.22. The highest BCUT2D eigenvalue weighted by Crippen LogP contribution is 2.11. The van der Waals surface area contributed by atoms with Crippen LogP contribution < -0.4 is 10.6 Å². The van der Waals surface area contributed by atoms with Gasteiger partial charge < -0.3 is 24.7 Å². The molecule has 1 aromatic heterocycles. The van der Waals surface area contributed by atoms with Crippen LogP contribution in [0, 0.1) is 5.92 Å². The predicted molar refractivity (Wildman–Crippen MR) is 118 cm³/mol. The second-order valence-electron chi connectivity index (χ2n) is 6.94. The maximum absolute atomic E-state index is 11.8. The van der Waals surface area contributed by atoms with Gasteiger partial charge in [0.1, 0.15) is 5.76 Å². The Kier molecular flexibility index (Phi) is 11.2. The molecule has 2 N–H and O–H groups in total. The Morgan fingerprint density at radius 2 is 2.15 bits per heavy atom. The molecule has 1 aliphatic heterocycles. The summed E-state index contributed by atoms with van der Waals surface area (Å²) in [6.45, 7) is 9.52. The van der Waals surface area contributed by atoms with E-state index in [0.29, 0.717) is 31.7 Å². The van der Waals surface area contributed by atoms with Crippen molar-refractivity contribution in [3.63, 3.8) is 0 Å². The number of carbonyl (C=O) groups is 1. The number of nitrogens with one attached hydrogen (secondary N) is 2. The zero-order valence-corrected chi connectivity index (χ0v) is 18.9. The lowest BCUT2D eigenvalue weighted by atomic mass is 10.1. The molecule has 1 aromatic rings. The standard InChI is InChI=1S/C19H32N4O3.HI/c1-4-25-19(24)23-11-8-16(9-12-23)22-18(21-14-15(2)3)20-10-7-17-6-5-13-26-17;/h5-6,13,15-16H,4,7-12,14H2,1-3H3,(H2,20,21,22);1H. The Bertz CT molecular complexity index is 555. The van der Waals surface area contributed by atoms with Crippen molar-refractivity contribution in [2.75, 3.05) is 32.8 Å². The molecule has 0 saturated carbocycles. The molecular weight excluding hydrogens is 459 g/mol. The lowest BCUT2D eigenvalue weighted by Gasteiger charge is -2.32. The van der Waals surface area contributed by atoms with Gasteiger partial charge in [0.25, 0.3) is 0 Å². The monoisotopic (exact) mass is 492 g/mol. The van der Waals surface area contributed by atoms with Gasteiger partial charge in [0, 0.05) is 38.6 Å². The van der Waals surface area contributed by atoms with Crippen LogP contribution in [-0.2, 0) is 11.2 Å². The van der Waals surface area contributed by atoms with Crippen LogP contribution in [-0.4, -0.2) is 55.8 Å². The second-order valence-corrected chi connectivity index (χ2v) is 6.94. The number of piperidine rings is 1. The Labute approximate surface area is 179 Å². The topological polar surface area (TPSA) is 79.1 Å². The summed E-state index contributed by atoms with van der Waals surface area (Å²) in [5, 5.41) is 6.90. The maximum Gasteiger partial charge on any atom is 0.409 e. The van der Waals surface area contributed by atoms with Crippen molar-refractivity contribution in [1.82, 2.24) is 15.5 Å². The van der Waals surface area contributed by atoms with Crippen molar-refractivity contribution in [1.29, 1.82) is 0 Å². The summed E-state index contributed by atoms with van der Waals surface area (Å²) < 4.78 is 10.4. The van der Waals surface area contributed by atoms with E-state index in [1.807, 2.05) is 19.1 Å². The van der Waals surface area contributed by atoms with Gasteiger partial charge in [0.05, 0.1) is 12.9 Å². The highest BCUT2D eigenvalue weighted by Gasteiger charge is 2.24. The Morgan fingerprint density at radius 1 is 1.41 bits per heavy atom. The number of hydrogen-bond donors (Lipinski definition) is 2. The number of guanidine groups is 1. The van der Waals surface area contributed by atoms with E-state index in [2.05, 4.69) is 29.5 Å². The first-order valence-electron chi connectivity index (χ1n) is 9.57. The summed E-state index contributed by atoms with van der Waals surface area (Å²) in [7, 11) is 0. The summed E-state index contributed by atoms with van der Waals surface area (Å²) in [6.07, 6.45) is 4.07. The van der Waals surface area contributed by atoms with Crippen molar-refractivity contribution in [2.24, 2.45) is 10.9 Å². The van der Waals surface area contributed by atoms with E-state index in [4.69, 9.17) is 9.15 Å². The number of aliphatic imine (C=N–C) groups is 1. The normalized spacial score (nSPS) is 15.4. The highest BCUT2D eigenvalue weighted by atomic mass is 127. The van der Waals surface area contributed by atoms with Crippen LogP contribution >= 0.6 is 24.0 Å². The van der Waals surface area contributed by atoms with Crippen LogP contribution in [0.3, 0.4) is 0 Å². The fourth-order valence-electron chi connectivity index (χ4n) is 2.80. The van der Waals surface area contributed by atoms with E-state index in [-0.39, 0.29) is 30.1 Å². The molecule has 0 aromatic carbocycles. The molecule has 2 rings (SSSR count). The fraction of sp³-hybridized carbons (Fsp3) is 0.684. The molecule has 0 atom stereocenters. The molecule has 27 heavy (non-hydrogen) atoms. The van der Waals surface area contributed by atoms with Crippen LogP contribution in [0.1, 0.15) is 39.4 Å². The van der Waals surface area contributed by atoms with Gasteiger partial charge in [-0.1, -0.05) is 13.8 Å². The van der Waals surface area contributed by atoms with Gasteiger partial charge >= 0.3 is 6.09 Å². The maximum atomic E-state index is 11.8. The van der Waals surface area contributed by atoms with Crippen molar-refractivity contribution in [2.45, 2.75) is 46.1 Å². The summed E-state index contributed by atoms with van der Waals surface area (Å²) in [5.74, 6) is 2.30. The number of carbonyl (C=O) groups excluding carboxylic acids is 1. The zero-order valence-electron chi connectivity index (χ0n) is 16.6. The summed E-state index contributed by atoms with van der Waals surface area (Å²) in [6, 6.07) is 4.19. The Hall–Kier alpha value is -1.45. The van der Waals surface area contributed by atoms with Crippen molar-refractivity contribution >= 4 is 36.0 Å². The van der Waals surface area contributed by atoms with Gasteiger partial charge in [-0.05, 0) is 37.8 Å². The van der Waals surface area contributed by atoms with E-state index < -0.39 is 0 Å². The smallest absolute Gasteiger partial charge is 0.409 e. The number of ether oxygens (including phenoxy) is 1. The first-order chi connectivity index (χ1) is 12.6. The summed E-state index contributed by atoms with van der Waals surface area (Å²) in [4.78, 5) is 18.2. The van der Waals surface area contributed by atoms with Crippen LogP contribution in [0.5, 0.6) is 0 Å². The summed E-state index contributed by atoms with van der Waals surface area (Å²) >= 11 is 0. The van der Waals surface area contributed by atoms with Gasteiger partial charge in [-0.15, -0.1) is 24.0 Å². The molecule has 0 aliphatic carbocycles. The van der Waals surface area contributed by atoms with Gasteiger partial charge in [0.15, 0.2) is 5.96 Å². The number of nitrogens with zero attached hydrogens (tertiary/aromatic N) is 2. The van der Waals surface area contributed by atoms with Crippen LogP contribution in [0.4, 0.5) is 4.79 Å². The minimum atomic E-state index is -0.212. The van der Waals surface area contributed by atoms with E-state index >= 15 is 0 Å². The second kappa shape index (κ2) is 12.9. The quantitative estimate of drug-likeness (QED) is 0.347. The molecule has 7 nitrogen and oxygen atoms in total. The minimum Gasteiger partial charge on any atom is -0.469 e. The van der Waals surface area contributed by atoms with Gasteiger partial charge in [0.2, 0.25) is 0 Å². The summed E-state index contributed by atoms with van der Waals surface area (Å²) in [5.41, 5.74) is 0. The number of amides is 1. The number of halogens is 1. The van der Waals surface area contributed by atoms with Gasteiger partial charge in [-0.25, -0.2) is 4.79 Å². The number of likely N-dealkylation sites (tertiary alicyclic amines) is 1. The molecule has 1 fully saturated rings. The zero-order chi connectivity index (χ0) is 18.8. The third kappa shape index (κ3) is 8.85. The van der Waals surface area contributed by atoms with Crippen LogP contribution in [0.15, 0.2) is 27.8 Å². The number of hydrogen-bond acceptors (Lipinski definition) is 4. The molecular formula is C19H33IN4O3. The first kappa shape index (κ1) is 23.6. The third-order valence-corrected chi connectivity index (χ3v) is 4.22. The molecule has 0 radical (unpaired) electrons. The molecule has 1 amide bonds. The molecule has 0 unspecified atom stereocenters. The predicted octanol–water partition coefficient (Wildman–Crippen LogP) is 3.25. The molecule has 154 valence electrons. The Morgan fingerprint density at radius 3 is 2.74 bits per heavy atom. The molecule has 2 heterocycles. The van der Waals surface area contributed by atoms with E-state index in [9.17, 15) is 4.79 Å². The first-order valence-corrected chi connectivity index (χ1v) is 9.57. The minimum absolute atomic E-state index is 0. The molecule has 1 saturated heterocycles. The average molecular weight is 492 g/mol.